The predicted octanol–water partition coefficient (Wildman–Crippen LogP) is 2.30. The van der Waals surface area contributed by atoms with Crippen LogP contribution in [0.1, 0.15) is 12.0 Å². The van der Waals surface area contributed by atoms with Crippen molar-refractivity contribution < 1.29 is 28.3 Å². The molecule has 1 aromatic heterocycles. The normalized spacial score (nSPS) is 19.9. The number of halogens is 1. The molecule has 2 aromatic rings. The number of aliphatic hydroxyl groups excluding tert-OH is 1. The Morgan fingerprint density at radius 3 is 2.93 bits per heavy atom. The molecule has 0 aliphatic carbocycles. The molecule has 1 fully saturated rings. The Morgan fingerprint density at radius 1 is 1.34 bits per heavy atom. The van der Waals surface area contributed by atoms with Crippen molar-refractivity contribution in [3.05, 3.63) is 48.0 Å². The molecule has 29 heavy (non-hydrogen) atoms. The standard InChI is InChI=1S/C20H22FN3O5/c21-18-11-15(1-2-17(18)14-3-6-23(7-4-14)8-9-25)24-16(13-28-20(24)26)12-27-19-5-10-29-22-19/h1-3,5,10-11,16,25H,4,6-9,12-13H2/t16-/m1/s1. The number of hydrogen-bond acceptors (Lipinski definition) is 7. The highest BCUT2D eigenvalue weighted by atomic mass is 19.1. The molecule has 2 aliphatic rings. The van der Waals surface area contributed by atoms with Gasteiger partial charge in [0.2, 0.25) is 0 Å². The number of benzene rings is 1. The lowest BCUT2D eigenvalue weighted by molar-refractivity contribution is 0.174. The number of nitrogens with zero attached hydrogens (tertiary/aromatic N) is 3. The fraction of sp³-hybridized carbons (Fsp3) is 0.400. The van der Waals surface area contributed by atoms with E-state index in [1.54, 1.807) is 18.2 Å². The second-order valence-corrected chi connectivity index (χ2v) is 6.92. The van der Waals surface area contributed by atoms with Crippen molar-refractivity contribution in [3.8, 4) is 5.88 Å². The summed E-state index contributed by atoms with van der Waals surface area (Å²) in [6.07, 6.45) is 3.54. The summed E-state index contributed by atoms with van der Waals surface area (Å²) in [6.45, 7) is 2.46. The summed E-state index contributed by atoms with van der Waals surface area (Å²) in [5.74, 6) is -0.0782. The molecule has 1 saturated heterocycles. The van der Waals surface area contributed by atoms with Gasteiger partial charge in [0.25, 0.3) is 5.88 Å². The van der Waals surface area contributed by atoms with E-state index in [0.29, 0.717) is 36.6 Å². The number of ether oxygens (including phenoxy) is 2. The highest BCUT2D eigenvalue weighted by Crippen LogP contribution is 2.30. The Bertz CT molecular complexity index is 886. The number of cyclic esters (lactones) is 1. The zero-order valence-corrected chi connectivity index (χ0v) is 15.8. The van der Waals surface area contributed by atoms with Gasteiger partial charge in [0.1, 0.15) is 31.3 Å². The summed E-state index contributed by atoms with van der Waals surface area (Å²) in [7, 11) is 0. The van der Waals surface area contributed by atoms with Crippen LogP contribution in [-0.4, -0.2) is 66.8 Å². The van der Waals surface area contributed by atoms with Gasteiger partial charge in [-0.2, -0.15) is 0 Å². The summed E-state index contributed by atoms with van der Waals surface area (Å²) in [5, 5.41) is 12.7. The SMILES string of the molecule is O=C1OC[C@@H](COc2ccon2)N1c1ccc(C2=CCN(CCO)CC2)c(F)c1. The van der Waals surface area contributed by atoms with Crippen LogP contribution in [0.25, 0.3) is 5.57 Å². The molecule has 1 atom stereocenters. The second-order valence-electron chi connectivity index (χ2n) is 6.92. The van der Waals surface area contributed by atoms with Crippen LogP contribution in [0.5, 0.6) is 5.88 Å². The molecule has 4 rings (SSSR count). The van der Waals surface area contributed by atoms with E-state index in [4.69, 9.17) is 19.1 Å². The van der Waals surface area contributed by atoms with Crippen LogP contribution in [0.3, 0.4) is 0 Å². The highest BCUT2D eigenvalue weighted by Gasteiger charge is 2.35. The summed E-state index contributed by atoms with van der Waals surface area (Å²) in [5.41, 5.74) is 1.87. The van der Waals surface area contributed by atoms with E-state index in [9.17, 15) is 9.18 Å². The Morgan fingerprint density at radius 2 is 2.24 bits per heavy atom. The number of rotatable bonds is 7. The fourth-order valence-electron chi connectivity index (χ4n) is 3.57. The van der Waals surface area contributed by atoms with Crippen molar-refractivity contribution in [1.29, 1.82) is 0 Å². The quantitative estimate of drug-likeness (QED) is 0.759. The van der Waals surface area contributed by atoms with E-state index in [1.807, 2.05) is 6.08 Å². The van der Waals surface area contributed by atoms with Crippen molar-refractivity contribution in [2.45, 2.75) is 12.5 Å². The number of β-amino-alcohol motifs (C(OH)–C–C–N with tert-alkyl or cyclic N) is 1. The molecular formula is C20H22FN3O5. The zero-order valence-electron chi connectivity index (χ0n) is 15.8. The van der Waals surface area contributed by atoms with Gasteiger partial charge in [0.05, 0.1) is 12.3 Å². The second kappa shape index (κ2) is 8.62. The third-order valence-electron chi connectivity index (χ3n) is 5.09. The van der Waals surface area contributed by atoms with Crippen molar-refractivity contribution in [1.82, 2.24) is 10.1 Å². The number of aromatic nitrogens is 1. The van der Waals surface area contributed by atoms with Crippen molar-refractivity contribution >= 4 is 17.4 Å². The lowest BCUT2D eigenvalue weighted by Crippen LogP contribution is -2.38. The fourth-order valence-corrected chi connectivity index (χ4v) is 3.57. The van der Waals surface area contributed by atoms with Crippen molar-refractivity contribution in [2.75, 3.05) is 44.4 Å². The molecule has 1 N–H and O–H groups in total. The van der Waals surface area contributed by atoms with Crippen LogP contribution in [0, 0.1) is 5.82 Å². The van der Waals surface area contributed by atoms with E-state index in [2.05, 4.69) is 10.1 Å². The number of hydrogen-bond donors (Lipinski definition) is 1. The Kier molecular flexibility index (Phi) is 5.77. The van der Waals surface area contributed by atoms with Crippen LogP contribution in [0.15, 0.2) is 41.1 Å². The van der Waals surface area contributed by atoms with Gasteiger partial charge in [-0.05, 0) is 35.3 Å². The summed E-state index contributed by atoms with van der Waals surface area (Å²) >= 11 is 0. The van der Waals surface area contributed by atoms with Gasteiger partial charge in [0, 0.05) is 31.3 Å². The van der Waals surface area contributed by atoms with E-state index in [0.717, 1.165) is 12.1 Å². The topological polar surface area (TPSA) is 88.3 Å². The largest absolute Gasteiger partial charge is 0.473 e. The van der Waals surface area contributed by atoms with Gasteiger partial charge >= 0.3 is 6.09 Å². The van der Waals surface area contributed by atoms with Crippen molar-refractivity contribution in [2.24, 2.45) is 0 Å². The first-order valence-corrected chi connectivity index (χ1v) is 9.47. The van der Waals surface area contributed by atoms with Crippen LogP contribution in [0.4, 0.5) is 14.9 Å². The summed E-state index contributed by atoms with van der Waals surface area (Å²) in [4.78, 5) is 15.7. The lowest BCUT2D eigenvalue weighted by Gasteiger charge is -2.26. The molecule has 154 valence electrons. The van der Waals surface area contributed by atoms with E-state index < -0.39 is 12.1 Å². The molecule has 0 saturated carbocycles. The third-order valence-corrected chi connectivity index (χ3v) is 5.09. The first-order chi connectivity index (χ1) is 14.2. The molecular weight excluding hydrogens is 381 g/mol. The smallest absolute Gasteiger partial charge is 0.414 e. The van der Waals surface area contributed by atoms with Crippen LogP contribution >= 0.6 is 0 Å². The minimum Gasteiger partial charge on any atom is -0.473 e. The minimum absolute atomic E-state index is 0.111. The molecule has 1 amide bonds. The molecule has 2 aliphatic heterocycles. The molecule has 1 aromatic carbocycles. The van der Waals surface area contributed by atoms with Crippen LogP contribution < -0.4 is 9.64 Å². The molecule has 0 bridgehead atoms. The van der Waals surface area contributed by atoms with Crippen LogP contribution in [-0.2, 0) is 4.74 Å². The first kappa shape index (κ1) is 19.4. The molecule has 3 heterocycles. The average molecular weight is 403 g/mol. The molecule has 0 unspecified atom stereocenters. The highest BCUT2D eigenvalue weighted by molar-refractivity contribution is 5.90. The van der Waals surface area contributed by atoms with Gasteiger partial charge in [-0.25, -0.2) is 9.18 Å². The van der Waals surface area contributed by atoms with E-state index in [-0.39, 0.29) is 25.6 Å². The molecule has 9 heteroatoms. The monoisotopic (exact) mass is 403 g/mol. The maximum atomic E-state index is 14.9. The minimum atomic E-state index is -0.539. The predicted molar refractivity (Wildman–Crippen MR) is 102 cm³/mol. The summed E-state index contributed by atoms with van der Waals surface area (Å²) < 4.78 is 30.2. The maximum Gasteiger partial charge on any atom is 0.414 e. The Balaban J connectivity index is 1.48. The van der Waals surface area contributed by atoms with Gasteiger partial charge in [0.15, 0.2) is 0 Å². The third kappa shape index (κ3) is 4.25. The molecule has 0 radical (unpaired) electrons. The number of anilines is 1. The van der Waals surface area contributed by atoms with Crippen molar-refractivity contribution in [3.63, 3.8) is 0 Å². The number of carbonyl (C=O) groups is 1. The lowest BCUT2D eigenvalue weighted by atomic mass is 9.98. The molecule has 0 spiro atoms. The number of carbonyl (C=O) groups excluding carboxylic acids is 1. The Hall–Kier alpha value is -2.91. The van der Waals surface area contributed by atoms with E-state index >= 15 is 0 Å². The zero-order chi connectivity index (χ0) is 20.2. The summed E-state index contributed by atoms with van der Waals surface area (Å²) in [6, 6.07) is 5.93. The van der Waals surface area contributed by atoms with Gasteiger partial charge < -0.3 is 19.1 Å². The molecule has 8 nitrogen and oxygen atoms in total. The van der Waals surface area contributed by atoms with Gasteiger partial charge in [-0.1, -0.05) is 6.08 Å². The number of aliphatic hydroxyl groups is 1. The maximum absolute atomic E-state index is 14.9. The first-order valence-electron chi connectivity index (χ1n) is 9.47. The van der Waals surface area contributed by atoms with Crippen LogP contribution in [0.2, 0.25) is 0 Å². The Labute approximate surface area is 167 Å². The van der Waals surface area contributed by atoms with E-state index in [1.165, 1.54) is 17.2 Å². The number of amides is 1. The van der Waals surface area contributed by atoms with Gasteiger partial charge in [-0.15, -0.1) is 0 Å². The van der Waals surface area contributed by atoms with Gasteiger partial charge in [-0.3, -0.25) is 9.80 Å². The average Bonchev–Trinajstić information content (AvgIpc) is 3.37.